The van der Waals surface area contributed by atoms with Crippen molar-refractivity contribution in [3.05, 3.63) is 46.7 Å². The van der Waals surface area contributed by atoms with Crippen LogP contribution >= 0.6 is 11.3 Å². The van der Waals surface area contributed by atoms with Crippen molar-refractivity contribution in [2.45, 2.75) is 44.2 Å². The zero-order valence-electron chi connectivity index (χ0n) is 15.1. The molecule has 0 radical (unpaired) electrons. The van der Waals surface area contributed by atoms with Crippen LogP contribution in [0.15, 0.2) is 35.2 Å². The van der Waals surface area contributed by atoms with E-state index in [1.165, 1.54) is 6.42 Å². The third-order valence-corrected chi connectivity index (χ3v) is 6.67. The Labute approximate surface area is 161 Å². The molecule has 2 aromatic heterocycles. The number of amides is 1. The first kappa shape index (κ1) is 16.9. The minimum absolute atomic E-state index is 0.159. The van der Waals surface area contributed by atoms with Crippen LogP contribution in [0, 0.1) is 5.41 Å². The fourth-order valence-electron chi connectivity index (χ4n) is 4.77. The minimum Gasteiger partial charge on any atom is -0.355 e. The molecular weight excluding hydrogens is 358 g/mol. The average Bonchev–Trinajstić information content (AvgIpc) is 3.45. The second kappa shape index (κ2) is 6.73. The first-order valence-electron chi connectivity index (χ1n) is 9.58. The molecule has 7 heteroatoms. The summed E-state index contributed by atoms with van der Waals surface area (Å²) in [6.45, 7) is 0.592. The van der Waals surface area contributed by atoms with Crippen molar-refractivity contribution < 1.29 is 4.79 Å². The van der Waals surface area contributed by atoms with Crippen LogP contribution in [-0.4, -0.2) is 39.5 Å². The Balaban J connectivity index is 1.27. The van der Waals surface area contributed by atoms with Crippen molar-refractivity contribution in [1.29, 1.82) is 0 Å². The van der Waals surface area contributed by atoms with Gasteiger partial charge in [-0.3, -0.25) is 4.79 Å². The summed E-state index contributed by atoms with van der Waals surface area (Å²) in [7, 11) is 0. The fourth-order valence-corrected chi connectivity index (χ4v) is 5.33. The lowest BCUT2D eigenvalue weighted by molar-refractivity contribution is -0.132. The first-order valence-corrected chi connectivity index (χ1v) is 10.5. The summed E-state index contributed by atoms with van der Waals surface area (Å²) in [6.07, 6.45) is 4.59. The molecule has 5 rings (SSSR count). The predicted octanol–water partition coefficient (Wildman–Crippen LogP) is 2.43. The van der Waals surface area contributed by atoms with Gasteiger partial charge in [-0.1, -0.05) is 12.1 Å². The van der Waals surface area contributed by atoms with Crippen molar-refractivity contribution in [2.75, 3.05) is 6.54 Å². The molecule has 0 saturated carbocycles. The summed E-state index contributed by atoms with van der Waals surface area (Å²) in [6, 6.07) is 8.73. The molecule has 0 aliphatic carbocycles. The smallest absolute Gasteiger partial charge is 0.228 e. The van der Waals surface area contributed by atoms with Crippen molar-refractivity contribution in [3.8, 4) is 0 Å². The van der Waals surface area contributed by atoms with Crippen LogP contribution in [-0.2, 0) is 17.6 Å². The van der Waals surface area contributed by atoms with Crippen LogP contribution in [0.1, 0.15) is 30.8 Å². The molecule has 1 aromatic carbocycles. The van der Waals surface area contributed by atoms with Crippen molar-refractivity contribution in [2.24, 2.45) is 5.41 Å². The number of benzene rings is 1. The van der Waals surface area contributed by atoms with Gasteiger partial charge in [-0.2, -0.15) is 0 Å². The molecule has 2 fully saturated rings. The second-order valence-electron chi connectivity index (χ2n) is 7.72. The Morgan fingerprint density at radius 2 is 2.26 bits per heavy atom. The van der Waals surface area contributed by atoms with Crippen LogP contribution in [0.4, 0.5) is 0 Å². The lowest BCUT2D eigenvalue weighted by Gasteiger charge is -2.34. The van der Waals surface area contributed by atoms with Gasteiger partial charge in [-0.05, 0) is 31.4 Å². The number of imidazole rings is 1. The number of carbonyl (C=O) groups is 1. The maximum Gasteiger partial charge on any atom is 0.228 e. The molecule has 3 N–H and O–H groups in total. The zero-order valence-corrected chi connectivity index (χ0v) is 15.9. The molecule has 2 saturated heterocycles. The molecule has 3 aromatic rings. The number of H-pyrrole nitrogens is 1. The van der Waals surface area contributed by atoms with Gasteiger partial charge in [-0.15, -0.1) is 11.3 Å². The van der Waals surface area contributed by atoms with Gasteiger partial charge in [0, 0.05) is 36.9 Å². The van der Waals surface area contributed by atoms with E-state index in [1.807, 2.05) is 29.8 Å². The molecule has 2 aliphatic heterocycles. The number of thiazole rings is 1. The Hall–Kier alpha value is -2.25. The number of rotatable bonds is 6. The summed E-state index contributed by atoms with van der Waals surface area (Å²) in [5, 5.41) is 8.89. The van der Waals surface area contributed by atoms with E-state index in [4.69, 9.17) is 0 Å². The Morgan fingerprint density at radius 1 is 1.33 bits per heavy atom. The number of aromatic nitrogens is 3. The van der Waals surface area contributed by atoms with E-state index < -0.39 is 0 Å². The highest BCUT2D eigenvalue weighted by molar-refractivity contribution is 7.07. The van der Waals surface area contributed by atoms with Gasteiger partial charge < -0.3 is 15.6 Å². The van der Waals surface area contributed by atoms with E-state index in [2.05, 4.69) is 31.0 Å². The highest BCUT2D eigenvalue weighted by Gasteiger charge is 2.55. The van der Waals surface area contributed by atoms with Crippen LogP contribution in [0.2, 0.25) is 0 Å². The van der Waals surface area contributed by atoms with Gasteiger partial charge in [0.1, 0.15) is 5.82 Å². The molecule has 140 valence electrons. The summed E-state index contributed by atoms with van der Waals surface area (Å²) in [4.78, 5) is 25.6. The maximum atomic E-state index is 13.2. The number of para-hydroxylation sites is 2. The Morgan fingerprint density at radius 3 is 3.00 bits per heavy atom. The van der Waals surface area contributed by atoms with Crippen LogP contribution < -0.4 is 10.6 Å². The molecule has 4 heterocycles. The number of carbonyl (C=O) groups excluding carboxylic acids is 1. The number of aromatic amines is 1. The first-order chi connectivity index (χ1) is 13.2. The molecule has 0 unspecified atom stereocenters. The van der Waals surface area contributed by atoms with Crippen molar-refractivity contribution >= 4 is 28.3 Å². The summed E-state index contributed by atoms with van der Waals surface area (Å²) in [5.74, 6) is 1.07. The van der Waals surface area contributed by atoms with Crippen molar-refractivity contribution in [1.82, 2.24) is 25.6 Å². The van der Waals surface area contributed by atoms with E-state index in [-0.39, 0.29) is 17.4 Å². The van der Waals surface area contributed by atoms with E-state index >= 15 is 0 Å². The summed E-state index contributed by atoms with van der Waals surface area (Å²) >= 11 is 1.59. The molecule has 1 amide bonds. The minimum atomic E-state index is -0.370. The molecule has 2 aliphatic rings. The Kier molecular flexibility index (Phi) is 4.21. The lowest BCUT2D eigenvalue weighted by Crippen LogP contribution is -2.50. The van der Waals surface area contributed by atoms with Crippen LogP contribution in [0.5, 0.6) is 0 Å². The lowest BCUT2D eigenvalue weighted by atomic mass is 9.70. The van der Waals surface area contributed by atoms with Gasteiger partial charge in [-0.25, -0.2) is 9.97 Å². The number of hydrogen-bond donors (Lipinski definition) is 3. The standard InChI is InChI=1S/C20H23N5OS/c26-19(21-8-7-18-24-15-3-1-2-4-16(15)25-18)20(10-14-11-27-12-22-14)9-13-5-6-17(20)23-13/h1-4,11-13,17,23H,5-10H2,(H,21,26)(H,24,25)/t13-,17+,20-/m0/s1. The molecule has 3 atom stereocenters. The SMILES string of the molecule is O=C(NCCc1nc2ccccc2[nH]1)[C@]1(Cc2cscn2)C[C@@H]2CC[C@H]1N2. The highest BCUT2D eigenvalue weighted by atomic mass is 32.1. The summed E-state index contributed by atoms with van der Waals surface area (Å²) < 4.78 is 0. The van der Waals surface area contributed by atoms with Gasteiger partial charge in [0.25, 0.3) is 0 Å². The third kappa shape index (κ3) is 3.04. The topological polar surface area (TPSA) is 82.7 Å². The fraction of sp³-hybridized carbons (Fsp3) is 0.450. The van der Waals surface area contributed by atoms with Gasteiger partial charge in [0.05, 0.1) is 27.7 Å². The number of nitrogens with one attached hydrogen (secondary N) is 3. The van der Waals surface area contributed by atoms with Crippen LogP contribution in [0.3, 0.4) is 0 Å². The van der Waals surface area contributed by atoms with Crippen molar-refractivity contribution in [3.63, 3.8) is 0 Å². The number of hydrogen-bond acceptors (Lipinski definition) is 5. The average molecular weight is 382 g/mol. The number of fused-ring (bicyclic) bond motifs is 3. The summed E-state index contributed by atoms with van der Waals surface area (Å²) in [5.41, 5.74) is 4.52. The van der Waals surface area contributed by atoms with E-state index in [1.54, 1.807) is 11.3 Å². The predicted molar refractivity (Wildman–Crippen MR) is 106 cm³/mol. The highest BCUT2D eigenvalue weighted by Crippen LogP contribution is 2.45. The van der Waals surface area contributed by atoms with Crippen LogP contribution in [0.25, 0.3) is 11.0 Å². The molecule has 6 nitrogen and oxygen atoms in total. The quantitative estimate of drug-likeness (QED) is 0.612. The largest absolute Gasteiger partial charge is 0.355 e. The monoisotopic (exact) mass is 381 g/mol. The normalized spacial score (nSPS) is 26.7. The third-order valence-electron chi connectivity index (χ3n) is 6.04. The number of nitrogens with zero attached hydrogens (tertiary/aromatic N) is 2. The van der Waals surface area contributed by atoms with E-state index in [0.29, 0.717) is 19.0 Å². The molecule has 27 heavy (non-hydrogen) atoms. The molecular formula is C20H23N5OS. The maximum absolute atomic E-state index is 13.2. The van der Waals surface area contributed by atoms with Gasteiger partial charge in [0.2, 0.25) is 5.91 Å². The van der Waals surface area contributed by atoms with Gasteiger partial charge in [0.15, 0.2) is 0 Å². The Bertz CT molecular complexity index is 919. The molecule has 0 spiro atoms. The molecule has 2 bridgehead atoms. The van der Waals surface area contributed by atoms with E-state index in [0.717, 1.165) is 41.8 Å². The van der Waals surface area contributed by atoms with E-state index in [9.17, 15) is 4.79 Å². The van der Waals surface area contributed by atoms with Gasteiger partial charge >= 0.3 is 0 Å². The second-order valence-corrected chi connectivity index (χ2v) is 8.44. The zero-order chi connectivity index (χ0) is 18.3.